The highest BCUT2D eigenvalue weighted by molar-refractivity contribution is 7.08. The van der Waals surface area contributed by atoms with E-state index in [2.05, 4.69) is 16.0 Å². The molecule has 20 heavy (non-hydrogen) atoms. The zero-order valence-corrected chi connectivity index (χ0v) is 12.8. The van der Waals surface area contributed by atoms with E-state index in [1.54, 1.807) is 6.07 Å². The predicted octanol–water partition coefficient (Wildman–Crippen LogP) is 1.16. The third-order valence-electron chi connectivity index (χ3n) is 3.07. The minimum atomic E-state index is -0.0679. The lowest BCUT2D eigenvalue weighted by Crippen LogP contribution is -2.36. The summed E-state index contributed by atoms with van der Waals surface area (Å²) in [6.07, 6.45) is 2.13. The van der Waals surface area contributed by atoms with Crippen LogP contribution in [-0.2, 0) is 4.79 Å². The molecule has 1 aliphatic rings. The highest BCUT2D eigenvalue weighted by Gasteiger charge is 2.16. The third kappa shape index (κ3) is 5.48. The van der Waals surface area contributed by atoms with Crippen molar-refractivity contribution in [3.05, 3.63) is 22.4 Å². The van der Waals surface area contributed by atoms with Crippen LogP contribution in [0.4, 0.5) is 0 Å². The Hall–Kier alpha value is -1.11. The molecule has 1 aromatic rings. The first-order valence-electron chi connectivity index (χ1n) is 6.56. The van der Waals surface area contributed by atoms with Crippen LogP contribution in [0.15, 0.2) is 16.8 Å². The second-order valence-corrected chi connectivity index (χ2v) is 5.41. The van der Waals surface area contributed by atoms with Crippen LogP contribution in [0.1, 0.15) is 29.6 Å². The molecule has 0 aliphatic carbocycles. The van der Waals surface area contributed by atoms with Crippen LogP contribution in [0.5, 0.6) is 0 Å². The SMILES string of the molecule is Cl.O=C(CCCNC(=O)c1ccsc1)NC1CCNC1. The molecule has 2 rings (SSSR count). The van der Waals surface area contributed by atoms with Gasteiger partial charge in [-0.1, -0.05) is 0 Å². The Bertz CT molecular complexity index is 419. The van der Waals surface area contributed by atoms with Gasteiger partial charge in [-0.15, -0.1) is 12.4 Å². The minimum absolute atomic E-state index is 0. The Labute approximate surface area is 128 Å². The van der Waals surface area contributed by atoms with Gasteiger partial charge in [-0.05, 0) is 30.8 Å². The van der Waals surface area contributed by atoms with Crippen LogP contribution in [0.25, 0.3) is 0 Å². The Balaban J connectivity index is 0.00000200. The molecule has 0 bridgehead atoms. The molecule has 5 nitrogen and oxygen atoms in total. The molecule has 1 fully saturated rings. The van der Waals surface area contributed by atoms with E-state index in [0.29, 0.717) is 24.9 Å². The van der Waals surface area contributed by atoms with Gasteiger partial charge in [0.2, 0.25) is 5.91 Å². The number of nitrogens with one attached hydrogen (secondary N) is 3. The maximum Gasteiger partial charge on any atom is 0.252 e. The van der Waals surface area contributed by atoms with Crippen LogP contribution in [0.3, 0.4) is 0 Å². The smallest absolute Gasteiger partial charge is 0.252 e. The van der Waals surface area contributed by atoms with E-state index >= 15 is 0 Å². The lowest BCUT2D eigenvalue weighted by molar-refractivity contribution is -0.121. The summed E-state index contributed by atoms with van der Waals surface area (Å²) in [4.78, 5) is 23.2. The molecule has 3 N–H and O–H groups in total. The summed E-state index contributed by atoms with van der Waals surface area (Å²) in [5.41, 5.74) is 0.687. The Morgan fingerprint density at radius 1 is 1.45 bits per heavy atom. The molecule has 0 spiro atoms. The summed E-state index contributed by atoms with van der Waals surface area (Å²) in [7, 11) is 0. The number of rotatable bonds is 6. The van der Waals surface area contributed by atoms with E-state index < -0.39 is 0 Å². The number of carbonyl (C=O) groups is 2. The van der Waals surface area contributed by atoms with Crippen LogP contribution >= 0.6 is 23.7 Å². The molecule has 1 unspecified atom stereocenters. The molecular weight excluding hydrogens is 298 g/mol. The summed E-state index contributed by atoms with van der Waals surface area (Å²) in [6.45, 7) is 2.37. The van der Waals surface area contributed by atoms with Crippen molar-refractivity contribution in [2.75, 3.05) is 19.6 Å². The van der Waals surface area contributed by atoms with Gasteiger partial charge in [0, 0.05) is 36.5 Å². The van der Waals surface area contributed by atoms with Crippen molar-refractivity contribution in [1.82, 2.24) is 16.0 Å². The standard InChI is InChI=1S/C13H19N3O2S.ClH/c17-12(16-11-3-6-14-8-11)2-1-5-15-13(18)10-4-7-19-9-10;/h4,7,9,11,14H,1-3,5-6,8H2,(H,15,18)(H,16,17);1H. The van der Waals surface area contributed by atoms with Gasteiger partial charge in [0.15, 0.2) is 0 Å². The molecule has 0 saturated carbocycles. The molecule has 1 aliphatic heterocycles. The van der Waals surface area contributed by atoms with Crippen molar-refractivity contribution in [2.24, 2.45) is 0 Å². The number of thiophene rings is 1. The number of hydrogen-bond acceptors (Lipinski definition) is 4. The molecular formula is C13H20ClN3O2S. The summed E-state index contributed by atoms with van der Waals surface area (Å²) >= 11 is 1.50. The second-order valence-electron chi connectivity index (χ2n) is 4.63. The lowest BCUT2D eigenvalue weighted by atomic mass is 10.2. The van der Waals surface area contributed by atoms with Gasteiger partial charge in [-0.2, -0.15) is 11.3 Å². The van der Waals surface area contributed by atoms with Gasteiger partial charge >= 0.3 is 0 Å². The van der Waals surface area contributed by atoms with E-state index in [1.807, 2.05) is 10.8 Å². The Kier molecular flexibility index (Phi) is 7.58. The highest BCUT2D eigenvalue weighted by atomic mass is 35.5. The van der Waals surface area contributed by atoms with Crippen molar-refractivity contribution in [3.8, 4) is 0 Å². The molecule has 2 heterocycles. The average molecular weight is 318 g/mol. The fraction of sp³-hybridized carbons (Fsp3) is 0.538. The maximum atomic E-state index is 11.6. The first-order valence-corrected chi connectivity index (χ1v) is 7.50. The fourth-order valence-electron chi connectivity index (χ4n) is 2.02. The molecule has 1 saturated heterocycles. The van der Waals surface area contributed by atoms with E-state index in [9.17, 15) is 9.59 Å². The van der Waals surface area contributed by atoms with E-state index in [4.69, 9.17) is 0 Å². The normalized spacial score (nSPS) is 17.3. The van der Waals surface area contributed by atoms with Gasteiger partial charge in [0.25, 0.3) is 5.91 Å². The second kappa shape index (κ2) is 8.94. The summed E-state index contributed by atoms with van der Waals surface area (Å²) < 4.78 is 0. The number of carbonyl (C=O) groups excluding carboxylic acids is 2. The van der Waals surface area contributed by atoms with Crippen molar-refractivity contribution < 1.29 is 9.59 Å². The molecule has 2 amide bonds. The van der Waals surface area contributed by atoms with Crippen molar-refractivity contribution in [1.29, 1.82) is 0 Å². The first-order chi connectivity index (χ1) is 9.25. The molecule has 112 valence electrons. The number of halogens is 1. The lowest BCUT2D eigenvalue weighted by Gasteiger charge is -2.11. The average Bonchev–Trinajstić information content (AvgIpc) is 3.06. The van der Waals surface area contributed by atoms with Crippen molar-refractivity contribution >= 4 is 35.6 Å². The van der Waals surface area contributed by atoms with Crippen LogP contribution in [0.2, 0.25) is 0 Å². The van der Waals surface area contributed by atoms with Gasteiger partial charge in [-0.25, -0.2) is 0 Å². The van der Waals surface area contributed by atoms with Gasteiger partial charge < -0.3 is 16.0 Å². The number of hydrogen-bond donors (Lipinski definition) is 3. The molecule has 0 aromatic carbocycles. The van der Waals surface area contributed by atoms with Gasteiger partial charge in [0.05, 0.1) is 0 Å². The van der Waals surface area contributed by atoms with Crippen LogP contribution in [-0.4, -0.2) is 37.5 Å². The van der Waals surface area contributed by atoms with Crippen LogP contribution < -0.4 is 16.0 Å². The largest absolute Gasteiger partial charge is 0.352 e. The Morgan fingerprint density at radius 2 is 2.30 bits per heavy atom. The van der Waals surface area contributed by atoms with Crippen LogP contribution in [0, 0.1) is 0 Å². The molecule has 0 radical (unpaired) electrons. The van der Waals surface area contributed by atoms with Crippen molar-refractivity contribution in [2.45, 2.75) is 25.3 Å². The third-order valence-corrected chi connectivity index (χ3v) is 3.76. The minimum Gasteiger partial charge on any atom is -0.352 e. The zero-order chi connectivity index (χ0) is 13.5. The number of amides is 2. The van der Waals surface area contributed by atoms with Crippen molar-refractivity contribution in [3.63, 3.8) is 0 Å². The predicted molar refractivity (Wildman–Crippen MR) is 82.6 cm³/mol. The fourth-order valence-corrected chi connectivity index (χ4v) is 2.66. The van der Waals surface area contributed by atoms with E-state index in [0.717, 1.165) is 19.5 Å². The van der Waals surface area contributed by atoms with E-state index in [1.165, 1.54) is 11.3 Å². The molecule has 1 aromatic heterocycles. The quantitative estimate of drug-likeness (QED) is 0.690. The maximum absolute atomic E-state index is 11.6. The zero-order valence-electron chi connectivity index (χ0n) is 11.2. The topological polar surface area (TPSA) is 70.2 Å². The monoisotopic (exact) mass is 317 g/mol. The highest BCUT2D eigenvalue weighted by Crippen LogP contribution is 2.05. The first kappa shape index (κ1) is 16.9. The van der Waals surface area contributed by atoms with E-state index in [-0.39, 0.29) is 30.3 Å². The molecule has 7 heteroatoms. The summed E-state index contributed by atoms with van der Waals surface area (Å²) in [6, 6.07) is 2.06. The Morgan fingerprint density at radius 3 is 2.95 bits per heavy atom. The van der Waals surface area contributed by atoms with Gasteiger partial charge in [-0.3, -0.25) is 9.59 Å². The van der Waals surface area contributed by atoms with Gasteiger partial charge in [0.1, 0.15) is 0 Å². The summed E-state index contributed by atoms with van der Waals surface area (Å²) in [5, 5.41) is 12.7. The molecule has 1 atom stereocenters. The summed E-state index contributed by atoms with van der Waals surface area (Å²) in [5.74, 6) is 0.000124.